The summed E-state index contributed by atoms with van der Waals surface area (Å²) in [7, 11) is 0. The second-order valence-corrected chi connectivity index (χ2v) is 4.41. The van der Waals surface area contributed by atoms with Crippen LogP contribution in [0.15, 0.2) is 24.3 Å². The van der Waals surface area contributed by atoms with Crippen molar-refractivity contribution in [2.45, 2.75) is 26.7 Å². The molecule has 0 saturated carbocycles. The molecule has 21 heavy (non-hydrogen) atoms. The molecular weight excluding hydrogens is 274 g/mol. The van der Waals surface area contributed by atoms with Crippen LogP contribution < -0.4 is 5.32 Å². The molecule has 1 amide bonds. The van der Waals surface area contributed by atoms with Crippen LogP contribution in [0.1, 0.15) is 37.0 Å². The number of hydrogen-bond donors (Lipinski definition) is 1. The predicted octanol–water partition coefficient (Wildman–Crippen LogP) is 2.15. The van der Waals surface area contributed by atoms with E-state index in [1.54, 1.807) is 12.1 Å². The van der Waals surface area contributed by atoms with Gasteiger partial charge in [-0.25, -0.2) is 9.59 Å². The summed E-state index contributed by atoms with van der Waals surface area (Å²) >= 11 is 0. The van der Waals surface area contributed by atoms with Crippen molar-refractivity contribution in [3.63, 3.8) is 0 Å². The molecule has 0 aliphatic rings. The molecule has 0 bridgehead atoms. The summed E-state index contributed by atoms with van der Waals surface area (Å²) in [5.74, 6) is -1.37. The molecule has 0 aliphatic carbocycles. The van der Waals surface area contributed by atoms with E-state index in [1.165, 1.54) is 19.1 Å². The molecule has 0 aliphatic heterocycles. The molecule has 1 rings (SSSR count). The smallest absolute Gasteiger partial charge is 0.344 e. The summed E-state index contributed by atoms with van der Waals surface area (Å²) in [6.45, 7) is 3.30. The number of carbonyl (C=O) groups is 3. The molecule has 0 spiro atoms. The number of nitrogens with one attached hydrogen (secondary N) is 1. The van der Waals surface area contributed by atoms with Crippen LogP contribution in [0.3, 0.4) is 0 Å². The van der Waals surface area contributed by atoms with Gasteiger partial charge in [-0.2, -0.15) is 0 Å². The van der Waals surface area contributed by atoms with Crippen molar-refractivity contribution in [3.8, 4) is 0 Å². The topological polar surface area (TPSA) is 81.7 Å². The molecule has 0 radical (unpaired) electrons. The number of esters is 2. The Labute approximate surface area is 123 Å². The van der Waals surface area contributed by atoms with Crippen LogP contribution in [0.5, 0.6) is 0 Å². The highest BCUT2D eigenvalue weighted by molar-refractivity contribution is 5.92. The molecule has 6 heteroatoms. The van der Waals surface area contributed by atoms with Gasteiger partial charge in [0.25, 0.3) is 0 Å². The van der Waals surface area contributed by atoms with Gasteiger partial charge in [-0.1, -0.05) is 13.3 Å². The van der Waals surface area contributed by atoms with Crippen LogP contribution >= 0.6 is 0 Å². The minimum Gasteiger partial charge on any atom is -0.463 e. The number of ether oxygens (including phenoxy) is 2. The minimum atomic E-state index is -0.614. The first-order valence-corrected chi connectivity index (χ1v) is 6.73. The number of rotatable bonds is 7. The maximum Gasteiger partial charge on any atom is 0.344 e. The quantitative estimate of drug-likeness (QED) is 0.615. The fourth-order valence-electron chi connectivity index (χ4n) is 1.47. The summed E-state index contributed by atoms with van der Waals surface area (Å²) in [4.78, 5) is 33.8. The Bertz CT molecular complexity index is 495. The third kappa shape index (κ3) is 6.56. The van der Waals surface area contributed by atoms with E-state index in [0.29, 0.717) is 17.9 Å². The van der Waals surface area contributed by atoms with Gasteiger partial charge in [-0.15, -0.1) is 0 Å². The van der Waals surface area contributed by atoms with E-state index in [2.05, 4.69) is 5.32 Å². The van der Waals surface area contributed by atoms with Crippen LogP contribution in [0.2, 0.25) is 0 Å². The van der Waals surface area contributed by atoms with Gasteiger partial charge >= 0.3 is 11.9 Å². The van der Waals surface area contributed by atoms with Gasteiger partial charge in [0, 0.05) is 12.6 Å². The van der Waals surface area contributed by atoms with Gasteiger partial charge < -0.3 is 14.8 Å². The van der Waals surface area contributed by atoms with Crippen molar-refractivity contribution in [1.82, 2.24) is 0 Å². The van der Waals surface area contributed by atoms with Gasteiger partial charge in [0.05, 0.1) is 12.2 Å². The van der Waals surface area contributed by atoms with Gasteiger partial charge in [-0.05, 0) is 30.7 Å². The highest BCUT2D eigenvalue weighted by Crippen LogP contribution is 2.10. The molecule has 6 nitrogen and oxygen atoms in total. The zero-order valence-corrected chi connectivity index (χ0v) is 12.2. The van der Waals surface area contributed by atoms with E-state index >= 15 is 0 Å². The Morgan fingerprint density at radius 1 is 1.10 bits per heavy atom. The first-order chi connectivity index (χ1) is 10.0. The van der Waals surface area contributed by atoms with E-state index in [9.17, 15) is 14.4 Å². The number of amides is 1. The summed E-state index contributed by atoms with van der Waals surface area (Å²) in [5.41, 5.74) is 0.878. The summed E-state index contributed by atoms with van der Waals surface area (Å²) in [6, 6.07) is 6.18. The predicted molar refractivity (Wildman–Crippen MR) is 76.9 cm³/mol. The SMILES string of the molecule is CCCCOC(=O)COC(=O)c1ccc(NC(C)=O)cc1. The van der Waals surface area contributed by atoms with Gasteiger partial charge in [-0.3, -0.25) is 4.79 Å². The number of anilines is 1. The molecule has 0 atom stereocenters. The maximum atomic E-state index is 11.7. The third-order valence-corrected chi connectivity index (χ3v) is 2.52. The lowest BCUT2D eigenvalue weighted by atomic mass is 10.2. The Kier molecular flexibility index (Phi) is 6.94. The highest BCUT2D eigenvalue weighted by atomic mass is 16.6. The summed E-state index contributed by atoms with van der Waals surface area (Å²) in [5, 5.41) is 2.58. The van der Waals surface area contributed by atoms with Crippen molar-refractivity contribution in [1.29, 1.82) is 0 Å². The van der Waals surface area contributed by atoms with Crippen molar-refractivity contribution in [3.05, 3.63) is 29.8 Å². The van der Waals surface area contributed by atoms with Crippen LogP contribution in [-0.2, 0) is 19.1 Å². The van der Waals surface area contributed by atoms with Crippen LogP contribution in [0.4, 0.5) is 5.69 Å². The Hall–Kier alpha value is -2.37. The van der Waals surface area contributed by atoms with Crippen molar-refractivity contribution < 1.29 is 23.9 Å². The maximum absolute atomic E-state index is 11.7. The first kappa shape index (κ1) is 16.7. The lowest BCUT2D eigenvalue weighted by Crippen LogP contribution is -2.17. The molecule has 1 aromatic carbocycles. The van der Waals surface area contributed by atoms with Crippen molar-refractivity contribution in [2.24, 2.45) is 0 Å². The number of carbonyl (C=O) groups excluding carboxylic acids is 3. The van der Waals surface area contributed by atoms with E-state index < -0.39 is 18.5 Å². The zero-order valence-electron chi connectivity index (χ0n) is 12.2. The monoisotopic (exact) mass is 293 g/mol. The molecule has 0 aromatic heterocycles. The largest absolute Gasteiger partial charge is 0.463 e. The zero-order chi connectivity index (χ0) is 15.7. The average molecular weight is 293 g/mol. The lowest BCUT2D eigenvalue weighted by Gasteiger charge is -2.06. The van der Waals surface area contributed by atoms with E-state index in [0.717, 1.165) is 12.8 Å². The van der Waals surface area contributed by atoms with Gasteiger partial charge in [0.1, 0.15) is 0 Å². The molecule has 0 unspecified atom stereocenters. The molecular formula is C15H19NO5. The van der Waals surface area contributed by atoms with E-state index in [1.807, 2.05) is 6.92 Å². The third-order valence-electron chi connectivity index (χ3n) is 2.52. The molecule has 0 heterocycles. The fraction of sp³-hybridized carbons (Fsp3) is 0.400. The number of benzene rings is 1. The summed E-state index contributed by atoms with van der Waals surface area (Å²) < 4.78 is 9.71. The Morgan fingerprint density at radius 3 is 2.33 bits per heavy atom. The molecule has 0 saturated heterocycles. The van der Waals surface area contributed by atoms with Crippen LogP contribution in [0, 0.1) is 0 Å². The average Bonchev–Trinajstić information content (AvgIpc) is 2.45. The van der Waals surface area contributed by atoms with E-state index in [4.69, 9.17) is 9.47 Å². The minimum absolute atomic E-state index is 0.194. The Morgan fingerprint density at radius 2 is 1.76 bits per heavy atom. The van der Waals surface area contributed by atoms with Crippen LogP contribution in [0.25, 0.3) is 0 Å². The van der Waals surface area contributed by atoms with Crippen LogP contribution in [-0.4, -0.2) is 31.1 Å². The lowest BCUT2D eigenvalue weighted by molar-refractivity contribution is -0.147. The normalized spacial score (nSPS) is 9.81. The number of hydrogen-bond acceptors (Lipinski definition) is 5. The fourth-order valence-corrected chi connectivity index (χ4v) is 1.47. The van der Waals surface area contributed by atoms with Crippen molar-refractivity contribution >= 4 is 23.5 Å². The molecule has 114 valence electrons. The van der Waals surface area contributed by atoms with E-state index in [-0.39, 0.29) is 5.91 Å². The second kappa shape index (κ2) is 8.73. The molecule has 0 fully saturated rings. The summed E-state index contributed by atoms with van der Waals surface area (Å²) in [6.07, 6.45) is 1.71. The highest BCUT2D eigenvalue weighted by Gasteiger charge is 2.11. The van der Waals surface area contributed by atoms with Gasteiger partial charge in [0.2, 0.25) is 5.91 Å². The molecule has 1 N–H and O–H groups in total. The number of unbranched alkanes of at least 4 members (excludes halogenated alkanes) is 1. The van der Waals surface area contributed by atoms with Crippen molar-refractivity contribution in [2.75, 3.05) is 18.5 Å². The second-order valence-electron chi connectivity index (χ2n) is 4.41. The van der Waals surface area contributed by atoms with Gasteiger partial charge in [0.15, 0.2) is 6.61 Å². The Balaban J connectivity index is 2.41. The standard InChI is InChI=1S/C15H19NO5/c1-3-4-9-20-14(18)10-21-15(19)12-5-7-13(8-6-12)16-11(2)17/h5-8H,3-4,9-10H2,1-2H3,(H,16,17). The first-order valence-electron chi connectivity index (χ1n) is 6.73. The molecule has 1 aromatic rings.